The second kappa shape index (κ2) is 10.7. The lowest BCUT2D eigenvalue weighted by Gasteiger charge is -2.43. The van der Waals surface area contributed by atoms with Crippen molar-refractivity contribution < 1.29 is 19.2 Å². The van der Waals surface area contributed by atoms with Crippen LogP contribution in [0.2, 0.25) is 0 Å². The Morgan fingerprint density at radius 2 is 1.78 bits per heavy atom. The first kappa shape index (κ1) is 28.7. The number of nitro groups is 1. The smallest absolute Gasteiger partial charge is 0.305 e. The molecule has 3 heterocycles. The van der Waals surface area contributed by atoms with Gasteiger partial charge in [0.1, 0.15) is 12.4 Å². The maximum absolute atomic E-state index is 14.1. The molecule has 2 aliphatic carbocycles. The summed E-state index contributed by atoms with van der Waals surface area (Å²) >= 11 is 6.50. The van der Waals surface area contributed by atoms with Crippen LogP contribution in [-0.2, 0) is 16.2 Å². The first-order valence-corrected chi connectivity index (χ1v) is 17.2. The highest BCUT2D eigenvalue weighted by atomic mass is 79.9. The number of amides is 2. The highest BCUT2D eigenvalue weighted by Crippen LogP contribution is 2.69. The number of halogens is 1. The van der Waals surface area contributed by atoms with Crippen molar-refractivity contribution >= 4 is 62.2 Å². The van der Waals surface area contributed by atoms with Gasteiger partial charge in [-0.3, -0.25) is 29.4 Å². The largest absolute Gasteiger partial charge is 0.489 e. The number of nitro benzene ring substituents is 1. The maximum atomic E-state index is 14.1. The standard InChI is InChI=1S/C33H26BrN3O6S2/c1-15-3-2-4-16(11-15)14-43-23-10-5-17(34)12-20(23)24-25-21-13-22(28(25)44-30-29(24)45-33(40)35-30)27-26(21)31(38)36(32(27)39)18-6-8-19(9-7-18)37(41)42/h2-12,21-22,24-28H,13-14H2,1H3,(H,35,40)/t21-,22-,24+,25+,26+,27+,28-/m1/s1. The first-order chi connectivity index (χ1) is 21.7. The maximum Gasteiger partial charge on any atom is 0.305 e. The molecule has 2 bridgehead atoms. The number of nitrogens with zero attached hydrogens (tertiary/aromatic N) is 2. The Balaban J connectivity index is 1.18. The van der Waals surface area contributed by atoms with E-state index in [9.17, 15) is 24.5 Å². The number of ether oxygens (including phenoxy) is 1. The Labute approximate surface area is 274 Å². The van der Waals surface area contributed by atoms with E-state index in [0.717, 1.165) is 43.2 Å². The number of imide groups is 1. The van der Waals surface area contributed by atoms with Gasteiger partial charge in [0.15, 0.2) is 0 Å². The molecule has 1 N–H and O–H groups in total. The van der Waals surface area contributed by atoms with E-state index in [2.05, 4.69) is 33.0 Å². The summed E-state index contributed by atoms with van der Waals surface area (Å²) in [5.41, 5.74) is 3.42. The van der Waals surface area contributed by atoms with Gasteiger partial charge < -0.3 is 9.72 Å². The molecule has 0 spiro atoms. The minimum Gasteiger partial charge on any atom is -0.489 e. The third kappa shape index (κ3) is 4.51. The zero-order valence-corrected chi connectivity index (χ0v) is 27.1. The highest BCUT2D eigenvalue weighted by Gasteiger charge is 2.69. The number of H-pyrrole nitrogens is 1. The number of fused-ring (bicyclic) bond motifs is 9. The molecule has 3 aromatic carbocycles. The Hall–Kier alpha value is -3.74. The van der Waals surface area contributed by atoms with Gasteiger partial charge in [-0.1, -0.05) is 57.1 Å². The first-order valence-electron chi connectivity index (χ1n) is 14.7. The van der Waals surface area contributed by atoms with Crippen molar-refractivity contribution in [2.45, 2.75) is 36.1 Å². The van der Waals surface area contributed by atoms with E-state index < -0.39 is 16.8 Å². The van der Waals surface area contributed by atoms with Gasteiger partial charge in [0.05, 0.1) is 27.5 Å². The molecular weight excluding hydrogens is 678 g/mol. The lowest BCUT2D eigenvalue weighted by atomic mass is 9.68. The molecule has 8 rings (SSSR count). The summed E-state index contributed by atoms with van der Waals surface area (Å²) < 4.78 is 7.36. The quantitative estimate of drug-likeness (QED) is 0.135. The van der Waals surface area contributed by atoms with Crippen molar-refractivity contribution in [3.63, 3.8) is 0 Å². The van der Waals surface area contributed by atoms with Gasteiger partial charge >= 0.3 is 4.87 Å². The third-order valence-corrected chi connectivity index (χ3v) is 12.9. The lowest BCUT2D eigenvalue weighted by Crippen LogP contribution is -2.42. The molecule has 228 valence electrons. The fourth-order valence-corrected chi connectivity index (χ4v) is 11.5. The summed E-state index contributed by atoms with van der Waals surface area (Å²) in [6.07, 6.45) is 0.756. The summed E-state index contributed by atoms with van der Waals surface area (Å²) in [5, 5.41) is 12.0. The van der Waals surface area contributed by atoms with E-state index in [1.165, 1.54) is 40.5 Å². The number of aromatic nitrogens is 1. The molecule has 2 saturated carbocycles. The molecule has 12 heteroatoms. The van der Waals surface area contributed by atoms with Crippen molar-refractivity contribution in [3.8, 4) is 5.75 Å². The molecule has 9 nitrogen and oxygen atoms in total. The van der Waals surface area contributed by atoms with Crippen molar-refractivity contribution in [1.29, 1.82) is 0 Å². The second-order valence-corrected chi connectivity index (χ2v) is 15.3. The molecule has 7 atom stereocenters. The van der Waals surface area contributed by atoms with Gasteiger partial charge in [0.25, 0.3) is 5.69 Å². The molecule has 4 aliphatic rings. The molecule has 2 amide bonds. The SMILES string of the molecule is Cc1cccc(COc2ccc(Br)cc2[C@@H]2c3sc(=O)[nH]c3S[C@@H]3[C@@H]4C[C@@H]([C@@H]5C(=O)N(c6ccc([N+](=O)[O-])cc6)C(=O)[C@@H]45)[C@@H]23)c1. The van der Waals surface area contributed by atoms with Crippen LogP contribution in [0, 0.1) is 46.6 Å². The molecule has 1 aromatic heterocycles. The molecule has 2 aliphatic heterocycles. The number of nitrogens with one attached hydrogen (secondary N) is 1. The van der Waals surface area contributed by atoms with E-state index in [-0.39, 0.29) is 51.3 Å². The minimum absolute atomic E-state index is 0.00406. The Morgan fingerprint density at radius 1 is 1.02 bits per heavy atom. The molecule has 0 unspecified atom stereocenters. The van der Waals surface area contributed by atoms with E-state index in [0.29, 0.717) is 12.3 Å². The summed E-state index contributed by atoms with van der Waals surface area (Å²) in [4.78, 5) is 56.5. The average molecular weight is 705 g/mol. The van der Waals surface area contributed by atoms with E-state index >= 15 is 0 Å². The van der Waals surface area contributed by atoms with E-state index in [1.54, 1.807) is 11.8 Å². The number of aryl methyl sites for hydroxylation is 1. The fourth-order valence-electron chi connectivity index (χ4n) is 8.20. The van der Waals surface area contributed by atoms with Gasteiger partial charge in [-0.2, -0.15) is 0 Å². The normalized spacial score (nSPS) is 27.8. The number of carbonyl (C=O) groups is 2. The zero-order chi connectivity index (χ0) is 31.1. The number of hydrogen-bond donors (Lipinski definition) is 1. The van der Waals surface area contributed by atoms with Crippen LogP contribution < -0.4 is 14.5 Å². The number of anilines is 1. The summed E-state index contributed by atoms with van der Waals surface area (Å²) in [6.45, 7) is 2.43. The molecule has 3 fully saturated rings. The number of thiazole rings is 1. The van der Waals surface area contributed by atoms with Crippen LogP contribution in [0.1, 0.15) is 33.9 Å². The number of thioether (sulfide) groups is 1. The van der Waals surface area contributed by atoms with E-state index in [4.69, 9.17) is 4.74 Å². The lowest BCUT2D eigenvalue weighted by molar-refractivity contribution is -0.384. The van der Waals surface area contributed by atoms with Crippen molar-refractivity contribution in [1.82, 2.24) is 4.98 Å². The van der Waals surface area contributed by atoms with Crippen LogP contribution in [0.5, 0.6) is 5.75 Å². The second-order valence-electron chi connectivity index (χ2n) is 12.2. The molecule has 0 radical (unpaired) electrons. The minimum atomic E-state index is -0.502. The number of non-ortho nitro benzene ring substituents is 1. The Bertz CT molecular complexity index is 1960. The highest BCUT2D eigenvalue weighted by molar-refractivity contribution is 9.10. The summed E-state index contributed by atoms with van der Waals surface area (Å²) in [6, 6.07) is 19.7. The summed E-state index contributed by atoms with van der Waals surface area (Å²) in [5.74, 6) is -1.02. The van der Waals surface area contributed by atoms with E-state index in [1.807, 2.05) is 37.3 Å². The van der Waals surface area contributed by atoms with Gasteiger partial charge in [-0.15, -0.1) is 11.8 Å². The van der Waals surface area contributed by atoms with Gasteiger partial charge in [-0.25, -0.2) is 0 Å². The average Bonchev–Trinajstić information content (AvgIpc) is 3.75. The molecular formula is C33H26BrN3O6S2. The predicted octanol–water partition coefficient (Wildman–Crippen LogP) is 6.67. The monoisotopic (exact) mass is 703 g/mol. The Morgan fingerprint density at radius 3 is 2.51 bits per heavy atom. The number of benzene rings is 3. The Kier molecular flexibility index (Phi) is 6.81. The number of aromatic amines is 1. The van der Waals surface area contributed by atoms with Crippen molar-refractivity contribution in [2.24, 2.45) is 29.6 Å². The number of hydrogen-bond acceptors (Lipinski definition) is 8. The van der Waals surface area contributed by atoms with Crippen LogP contribution in [0.4, 0.5) is 11.4 Å². The number of rotatable bonds is 6. The van der Waals surface area contributed by atoms with Crippen molar-refractivity contribution in [3.05, 3.63) is 113 Å². The summed E-state index contributed by atoms with van der Waals surface area (Å²) in [7, 11) is 0. The fraction of sp³-hybridized carbons (Fsp3) is 0.303. The van der Waals surface area contributed by atoms with Gasteiger partial charge in [-0.05, 0) is 67.0 Å². The van der Waals surface area contributed by atoms with Crippen LogP contribution in [0.3, 0.4) is 0 Å². The topological polar surface area (TPSA) is 123 Å². The van der Waals surface area contributed by atoms with Crippen LogP contribution in [0.25, 0.3) is 0 Å². The van der Waals surface area contributed by atoms with Crippen LogP contribution in [0.15, 0.2) is 81.0 Å². The molecule has 4 aromatic rings. The van der Waals surface area contributed by atoms with Crippen molar-refractivity contribution in [2.75, 3.05) is 4.90 Å². The predicted molar refractivity (Wildman–Crippen MR) is 174 cm³/mol. The molecule has 1 saturated heterocycles. The van der Waals surface area contributed by atoms with Gasteiger partial charge in [0, 0.05) is 38.2 Å². The van der Waals surface area contributed by atoms with Crippen LogP contribution >= 0.6 is 39.0 Å². The van der Waals surface area contributed by atoms with Gasteiger partial charge in [0.2, 0.25) is 11.8 Å². The van der Waals surface area contributed by atoms with Crippen LogP contribution in [-0.4, -0.2) is 27.0 Å². The molecule has 45 heavy (non-hydrogen) atoms. The zero-order valence-electron chi connectivity index (χ0n) is 23.8. The third-order valence-electron chi connectivity index (χ3n) is 9.83. The number of carbonyl (C=O) groups excluding carboxylic acids is 2.